The van der Waals surface area contributed by atoms with E-state index in [9.17, 15) is 0 Å². The largest absolute Gasteiger partial charge is 0.332 e. The van der Waals surface area contributed by atoms with Gasteiger partial charge in [-0.05, 0) is 37.1 Å². The number of aryl methyl sites for hydroxylation is 2. The normalized spacial score (nSPS) is 10.4. The van der Waals surface area contributed by atoms with Crippen molar-refractivity contribution in [2.75, 3.05) is 5.32 Å². The molecule has 0 atom stereocenters. The van der Waals surface area contributed by atoms with Gasteiger partial charge in [0.25, 0.3) is 0 Å². The third kappa shape index (κ3) is 2.59. The van der Waals surface area contributed by atoms with Gasteiger partial charge in [-0.25, -0.2) is 4.98 Å². The molecule has 0 bridgehead atoms. The zero-order chi connectivity index (χ0) is 11.5. The molecule has 3 N–H and O–H groups in total. The smallest absolute Gasteiger partial charge is 0.187 e. The van der Waals surface area contributed by atoms with Crippen LogP contribution in [0.15, 0.2) is 24.4 Å². The first-order valence-corrected chi connectivity index (χ1v) is 5.99. The van der Waals surface area contributed by atoms with Gasteiger partial charge in [0.1, 0.15) is 0 Å². The second kappa shape index (κ2) is 4.63. The van der Waals surface area contributed by atoms with Crippen LogP contribution in [0.4, 0.5) is 10.8 Å². The highest BCUT2D eigenvalue weighted by Gasteiger charge is 2.01. The number of thiazole rings is 1. The van der Waals surface area contributed by atoms with Gasteiger partial charge in [0.2, 0.25) is 0 Å². The van der Waals surface area contributed by atoms with Crippen LogP contribution in [0.1, 0.15) is 16.0 Å². The highest BCUT2D eigenvalue weighted by atomic mass is 32.1. The van der Waals surface area contributed by atoms with Crippen molar-refractivity contribution >= 4 is 22.2 Å². The number of benzene rings is 1. The molecule has 0 unspecified atom stereocenters. The maximum atomic E-state index is 5.55. The van der Waals surface area contributed by atoms with E-state index < -0.39 is 0 Å². The summed E-state index contributed by atoms with van der Waals surface area (Å²) in [6.45, 7) is 4.73. The number of anilines is 2. The first kappa shape index (κ1) is 11.1. The third-order valence-electron chi connectivity index (χ3n) is 2.23. The molecule has 2 rings (SSSR count). The maximum Gasteiger partial charge on any atom is 0.187 e. The summed E-state index contributed by atoms with van der Waals surface area (Å²) in [7, 11) is 0. The molecule has 2 aromatic rings. The van der Waals surface area contributed by atoms with Crippen molar-refractivity contribution in [2.45, 2.75) is 20.4 Å². The molecule has 16 heavy (non-hydrogen) atoms. The minimum absolute atomic E-state index is 0.548. The SMILES string of the molecule is Cc1cc(C)cc(Nc2ncc(CN)s2)c1. The quantitative estimate of drug-likeness (QED) is 0.857. The van der Waals surface area contributed by atoms with E-state index in [2.05, 4.69) is 42.3 Å². The predicted octanol–water partition coefficient (Wildman–Crippen LogP) is 2.96. The fourth-order valence-electron chi connectivity index (χ4n) is 1.63. The molecule has 0 radical (unpaired) electrons. The Labute approximate surface area is 99.3 Å². The summed E-state index contributed by atoms with van der Waals surface area (Å²) in [6, 6.07) is 6.37. The van der Waals surface area contributed by atoms with Crippen molar-refractivity contribution in [3.8, 4) is 0 Å². The van der Waals surface area contributed by atoms with Crippen LogP contribution >= 0.6 is 11.3 Å². The van der Waals surface area contributed by atoms with Crippen LogP contribution in [0.5, 0.6) is 0 Å². The lowest BCUT2D eigenvalue weighted by atomic mass is 10.1. The van der Waals surface area contributed by atoms with Crippen molar-refractivity contribution in [3.63, 3.8) is 0 Å². The Kier molecular flexibility index (Phi) is 3.22. The monoisotopic (exact) mass is 233 g/mol. The van der Waals surface area contributed by atoms with Crippen LogP contribution < -0.4 is 11.1 Å². The van der Waals surface area contributed by atoms with Crippen molar-refractivity contribution in [2.24, 2.45) is 5.73 Å². The molecule has 0 aliphatic carbocycles. The standard InChI is InChI=1S/C12H15N3S/c1-8-3-9(2)5-10(4-8)15-12-14-7-11(6-13)16-12/h3-5,7H,6,13H2,1-2H3,(H,14,15). The molecular weight excluding hydrogens is 218 g/mol. The molecule has 0 saturated heterocycles. The molecule has 1 aromatic heterocycles. The van der Waals surface area contributed by atoms with Crippen LogP contribution in [0.3, 0.4) is 0 Å². The molecule has 1 heterocycles. The molecule has 0 aliphatic rings. The van der Waals surface area contributed by atoms with Gasteiger partial charge in [-0.15, -0.1) is 11.3 Å². The van der Waals surface area contributed by atoms with Gasteiger partial charge in [0.05, 0.1) is 0 Å². The number of nitrogens with one attached hydrogen (secondary N) is 1. The Morgan fingerprint density at radius 3 is 2.50 bits per heavy atom. The van der Waals surface area contributed by atoms with Crippen LogP contribution in [0, 0.1) is 13.8 Å². The lowest BCUT2D eigenvalue weighted by Gasteiger charge is -2.05. The van der Waals surface area contributed by atoms with E-state index in [0.717, 1.165) is 15.7 Å². The number of hydrogen-bond acceptors (Lipinski definition) is 4. The molecule has 0 saturated carbocycles. The van der Waals surface area contributed by atoms with Gasteiger partial charge in [-0.1, -0.05) is 6.07 Å². The number of aromatic nitrogens is 1. The molecule has 0 fully saturated rings. The summed E-state index contributed by atoms with van der Waals surface area (Å²) in [5.41, 5.74) is 9.12. The van der Waals surface area contributed by atoms with Crippen molar-refractivity contribution in [3.05, 3.63) is 40.4 Å². The average Bonchev–Trinajstić information content (AvgIpc) is 2.64. The van der Waals surface area contributed by atoms with E-state index in [-0.39, 0.29) is 0 Å². The highest BCUT2D eigenvalue weighted by Crippen LogP contribution is 2.23. The van der Waals surface area contributed by atoms with Crippen LogP contribution in [-0.4, -0.2) is 4.98 Å². The van der Waals surface area contributed by atoms with Crippen LogP contribution in [0.25, 0.3) is 0 Å². The Morgan fingerprint density at radius 2 is 1.94 bits per heavy atom. The van der Waals surface area contributed by atoms with Gasteiger partial charge < -0.3 is 11.1 Å². The molecular formula is C12H15N3S. The molecule has 0 amide bonds. The van der Waals surface area contributed by atoms with Gasteiger partial charge in [-0.2, -0.15) is 0 Å². The van der Waals surface area contributed by atoms with Crippen LogP contribution in [0.2, 0.25) is 0 Å². The van der Waals surface area contributed by atoms with Gasteiger partial charge in [0, 0.05) is 23.3 Å². The summed E-state index contributed by atoms with van der Waals surface area (Å²) in [5, 5.41) is 4.19. The lowest BCUT2D eigenvalue weighted by molar-refractivity contribution is 1.10. The molecule has 3 nitrogen and oxygen atoms in total. The predicted molar refractivity (Wildman–Crippen MR) is 69.2 cm³/mol. The number of hydrogen-bond donors (Lipinski definition) is 2. The van der Waals surface area contributed by atoms with E-state index >= 15 is 0 Å². The second-order valence-corrected chi connectivity index (χ2v) is 4.95. The summed E-state index contributed by atoms with van der Waals surface area (Å²) < 4.78 is 0. The summed E-state index contributed by atoms with van der Waals surface area (Å²) in [4.78, 5) is 5.36. The molecule has 0 aliphatic heterocycles. The van der Waals surface area contributed by atoms with E-state index in [1.165, 1.54) is 11.1 Å². The average molecular weight is 233 g/mol. The minimum atomic E-state index is 0.548. The van der Waals surface area contributed by atoms with E-state index in [1.807, 2.05) is 6.20 Å². The zero-order valence-electron chi connectivity index (χ0n) is 9.45. The first-order valence-electron chi connectivity index (χ1n) is 5.17. The number of rotatable bonds is 3. The summed E-state index contributed by atoms with van der Waals surface area (Å²) >= 11 is 1.59. The zero-order valence-corrected chi connectivity index (χ0v) is 10.3. The van der Waals surface area contributed by atoms with E-state index in [4.69, 9.17) is 5.73 Å². The highest BCUT2D eigenvalue weighted by molar-refractivity contribution is 7.15. The van der Waals surface area contributed by atoms with Crippen molar-refractivity contribution < 1.29 is 0 Å². The fourth-order valence-corrected chi connectivity index (χ4v) is 2.34. The molecule has 0 spiro atoms. The fraction of sp³-hybridized carbons (Fsp3) is 0.250. The first-order chi connectivity index (χ1) is 7.67. The van der Waals surface area contributed by atoms with Gasteiger partial charge >= 0.3 is 0 Å². The van der Waals surface area contributed by atoms with Gasteiger partial charge in [0.15, 0.2) is 5.13 Å². The van der Waals surface area contributed by atoms with Crippen molar-refractivity contribution in [1.82, 2.24) is 4.98 Å². The Balaban J connectivity index is 2.19. The van der Waals surface area contributed by atoms with Gasteiger partial charge in [-0.3, -0.25) is 0 Å². The third-order valence-corrected chi connectivity index (χ3v) is 3.16. The lowest BCUT2D eigenvalue weighted by Crippen LogP contribution is -1.91. The summed E-state index contributed by atoms with van der Waals surface area (Å²) in [6.07, 6.45) is 1.82. The Morgan fingerprint density at radius 1 is 1.25 bits per heavy atom. The van der Waals surface area contributed by atoms with Crippen LogP contribution in [-0.2, 0) is 6.54 Å². The molecule has 4 heteroatoms. The number of nitrogens with zero attached hydrogens (tertiary/aromatic N) is 1. The Bertz CT molecular complexity index is 471. The Hall–Kier alpha value is -1.39. The van der Waals surface area contributed by atoms with Crippen molar-refractivity contribution in [1.29, 1.82) is 0 Å². The molecule has 1 aromatic carbocycles. The van der Waals surface area contributed by atoms with E-state index in [1.54, 1.807) is 11.3 Å². The molecule has 84 valence electrons. The minimum Gasteiger partial charge on any atom is -0.332 e. The topological polar surface area (TPSA) is 50.9 Å². The second-order valence-electron chi connectivity index (χ2n) is 3.84. The van der Waals surface area contributed by atoms with E-state index in [0.29, 0.717) is 6.54 Å². The number of nitrogens with two attached hydrogens (primary N) is 1. The summed E-state index contributed by atoms with van der Waals surface area (Å²) in [5.74, 6) is 0. The maximum absolute atomic E-state index is 5.55.